The summed E-state index contributed by atoms with van der Waals surface area (Å²) in [6.07, 6.45) is 0. The number of para-hydroxylation sites is 2. The number of nitrogens with two attached hydrogens (primary N) is 2. The highest BCUT2D eigenvalue weighted by molar-refractivity contribution is 7.09. The third kappa shape index (κ3) is 6.05. The number of hydrogen-bond donors (Lipinski definition) is 3. The van der Waals surface area contributed by atoms with E-state index < -0.39 is 23.8 Å². The van der Waals surface area contributed by atoms with Crippen LogP contribution in [-0.4, -0.2) is 35.8 Å². The molecule has 40 heavy (non-hydrogen) atoms. The number of benzene rings is 3. The topological polar surface area (TPSA) is 150 Å². The van der Waals surface area contributed by atoms with Gasteiger partial charge in [-0.25, -0.2) is 0 Å². The molecule has 0 fully saturated rings. The van der Waals surface area contributed by atoms with Crippen molar-refractivity contribution in [3.05, 3.63) is 101 Å². The Kier molecular flexibility index (Phi) is 8.97. The van der Waals surface area contributed by atoms with E-state index in [-0.39, 0.29) is 22.8 Å². The number of primary amides is 1. The second-order valence-corrected chi connectivity index (χ2v) is 9.37. The highest BCUT2D eigenvalue weighted by Gasteiger charge is 2.37. The molecule has 0 aliphatic heterocycles. The van der Waals surface area contributed by atoms with Crippen molar-refractivity contribution in [2.45, 2.75) is 19.5 Å². The number of nitrogens with one attached hydrogen (secondary N) is 1. The van der Waals surface area contributed by atoms with Crippen LogP contribution in [0.1, 0.15) is 44.3 Å². The molecule has 1 aromatic heterocycles. The van der Waals surface area contributed by atoms with Crippen molar-refractivity contribution in [1.82, 2.24) is 9.69 Å². The maximum atomic E-state index is 14.3. The van der Waals surface area contributed by atoms with Crippen molar-refractivity contribution < 1.29 is 23.9 Å². The number of amides is 3. The molecule has 10 nitrogen and oxygen atoms in total. The summed E-state index contributed by atoms with van der Waals surface area (Å²) >= 11 is 0.736. The minimum atomic E-state index is -1.16. The number of nitrogen functional groups attached to an aromatic ring is 1. The van der Waals surface area contributed by atoms with E-state index in [0.717, 1.165) is 17.1 Å². The Morgan fingerprint density at radius 1 is 1.00 bits per heavy atom. The summed E-state index contributed by atoms with van der Waals surface area (Å²) < 4.78 is 15.1. The van der Waals surface area contributed by atoms with Gasteiger partial charge in [0.2, 0.25) is 5.91 Å². The molecule has 0 saturated heterocycles. The van der Waals surface area contributed by atoms with Gasteiger partial charge in [0.15, 0.2) is 5.69 Å². The second kappa shape index (κ2) is 12.8. The minimum absolute atomic E-state index is 0.0329. The summed E-state index contributed by atoms with van der Waals surface area (Å²) in [6.45, 7) is 2.37. The highest BCUT2D eigenvalue weighted by Crippen LogP contribution is 2.38. The number of hydrogen-bond acceptors (Lipinski definition) is 8. The molecule has 0 aliphatic carbocycles. The molecule has 3 aromatic carbocycles. The molecule has 11 heteroatoms. The molecule has 1 heterocycles. The monoisotopic (exact) mass is 559 g/mol. The Hall–Kier alpha value is -4.90. The predicted octanol–water partition coefficient (Wildman–Crippen LogP) is 3.94. The van der Waals surface area contributed by atoms with Gasteiger partial charge in [-0.1, -0.05) is 54.6 Å². The molecule has 0 spiro atoms. The molecule has 3 amide bonds. The Morgan fingerprint density at radius 2 is 1.68 bits per heavy atom. The fourth-order valence-corrected chi connectivity index (χ4v) is 4.87. The van der Waals surface area contributed by atoms with Gasteiger partial charge in [-0.2, -0.15) is 4.37 Å². The fourth-order valence-electron chi connectivity index (χ4n) is 4.12. The first-order valence-corrected chi connectivity index (χ1v) is 13.2. The molecule has 4 aromatic rings. The second-order valence-electron chi connectivity index (χ2n) is 8.59. The Morgan fingerprint density at radius 3 is 2.30 bits per heavy atom. The predicted molar refractivity (Wildman–Crippen MR) is 153 cm³/mol. The van der Waals surface area contributed by atoms with Gasteiger partial charge >= 0.3 is 0 Å². The lowest BCUT2D eigenvalue weighted by Gasteiger charge is -2.32. The number of carbonyl (C=O) groups excluding carboxylic acids is 3. The van der Waals surface area contributed by atoms with Gasteiger partial charge in [0.05, 0.1) is 25.1 Å². The van der Waals surface area contributed by atoms with Crippen LogP contribution in [0.2, 0.25) is 0 Å². The Bertz CT molecular complexity index is 1490. The lowest BCUT2D eigenvalue weighted by atomic mass is 10.0. The van der Waals surface area contributed by atoms with Crippen LogP contribution in [0.4, 0.5) is 11.4 Å². The third-order valence-electron chi connectivity index (χ3n) is 6.05. The van der Waals surface area contributed by atoms with Crippen LogP contribution >= 0.6 is 11.5 Å². The number of aromatic nitrogens is 1. The van der Waals surface area contributed by atoms with Gasteiger partial charge in [-0.15, -0.1) is 0 Å². The Balaban J connectivity index is 1.88. The van der Waals surface area contributed by atoms with E-state index in [9.17, 15) is 14.4 Å². The maximum Gasteiger partial charge on any atom is 0.273 e. The van der Waals surface area contributed by atoms with Gasteiger partial charge in [-0.3, -0.25) is 19.3 Å². The first kappa shape index (κ1) is 28.1. The van der Waals surface area contributed by atoms with Gasteiger partial charge in [-0.05, 0) is 53.8 Å². The number of nitrogens with zero attached hydrogens (tertiary/aromatic N) is 2. The normalized spacial score (nSPS) is 11.3. The summed E-state index contributed by atoms with van der Waals surface area (Å²) in [4.78, 5) is 41.4. The van der Waals surface area contributed by atoms with Gasteiger partial charge in [0.25, 0.3) is 11.8 Å². The molecule has 1 atom stereocenters. The van der Waals surface area contributed by atoms with E-state index >= 15 is 0 Å². The Labute approximate surface area is 235 Å². The number of rotatable bonds is 11. The number of anilines is 2. The standard InChI is InChI=1S/C29H29N5O5S/c1-3-39-22-12-8-7-11-21(22)34(29(37)26-23(30)24(27(31)35)33-40-26)25(19-13-15-20(38-2)16-14-19)28(36)32-17-18-9-5-4-6-10-18/h4-16,25H,3,17,30H2,1-2H3,(H2,31,35)(H,32,36). The van der Waals surface area contributed by atoms with Crippen LogP contribution < -0.4 is 31.2 Å². The van der Waals surface area contributed by atoms with Gasteiger partial charge < -0.3 is 26.3 Å². The molecule has 4 rings (SSSR count). The zero-order valence-corrected chi connectivity index (χ0v) is 22.8. The van der Waals surface area contributed by atoms with Crippen molar-refractivity contribution in [3.63, 3.8) is 0 Å². The highest BCUT2D eigenvalue weighted by atomic mass is 32.1. The van der Waals surface area contributed by atoms with Crippen molar-refractivity contribution in [3.8, 4) is 11.5 Å². The largest absolute Gasteiger partial charge is 0.497 e. The van der Waals surface area contributed by atoms with Gasteiger partial charge in [0, 0.05) is 6.54 Å². The maximum absolute atomic E-state index is 14.3. The number of carbonyl (C=O) groups is 3. The van der Waals surface area contributed by atoms with Crippen molar-refractivity contribution in [2.24, 2.45) is 5.73 Å². The first-order chi connectivity index (χ1) is 19.3. The average molecular weight is 560 g/mol. The van der Waals surface area contributed by atoms with Crippen molar-refractivity contribution >= 4 is 40.6 Å². The van der Waals surface area contributed by atoms with E-state index in [4.69, 9.17) is 20.9 Å². The summed E-state index contributed by atoms with van der Waals surface area (Å²) in [5, 5.41) is 2.95. The zero-order valence-electron chi connectivity index (χ0n) is 22.0. The van der Waals surface area contributed by atoms with Crippen LogP contribution in [0.3, 0.4) is 0 Å². The summed E-state index contributed by atoms with van der Waals surface area (Å²) in [7, 11) is 1.54. The van der Waals surface area contributed by atoms with E-state index in [1.807, 2.05) is 37.3 Å². The fraction of sp³-hybridized carbons (Fsp3) is 0.172. The smallest absolute Gasteiger partial charge is 0.273 e. The molecule has 1 unspecified atom stereocenters. The minimum Gasteiger partial charge on any atom is -0.497 e. The summed E-state index contributed by atoms with van der Waals surface area (Å²) in [5.41, 5.74) is 12.9. The van der Waals surface area contributed by atoms with E-state index in [1.165, 1.54) is 12.0 Å². The quantitative estimate of drug-likeness (QED) is 0.252. The van der Waals surface area contributed by atoms with Crippen molar-refractivity contribution in [1.29, 1.82) is 0 Å². The zero-order chi connectivity index (χ0) is 28.6. The van der Waals surface area contributed by atoms with Crippen LogP contribution in [0.25, 0.3) is 0 Å². The summed E-state index contributed by atoms with van der Waals surface area (Å²) in [6, 6.07) is 22.0. The number of methoxy groups -OCH3 is 1. The molecule has 0 aliphatic rings. The van der Waals surface area contributed by atoms with E-state index in [0.29, 0.717) is 29.4 Å². The molecule has 5 N–H and O–H groups in total. The molecule has 0 saturated carbocycles. The molecule has 0 radical (unpaired) electrons. The molecular formula is C29H29N5O5S. The lowest BCUT2D eigenvalue weighted by molar-refractivity contribution is -0.122. The van der Waals surface area contributed by atoms with Crippen molar-refractivity contribution in [2.75, 3.05) is 24.4 Å². The van der Waals surface area contributed by atoms with Crippen LogP contribution in [-0.2, 0) is 11.3 Å². The molecular weight excluding hydrogens is 530 g/mol. The lowest BCUT2D eigenvalue weighted by Crippen LogP contribution is -2.44. The molecule has 0 bridgehead atoms. The van der Waals surface area contributed by atoms with Gasteiger partial charge in [0.1, 0.15) is 22.4 Å². The average Bonchev–Trinajstić information content (AvgIpc) is 3.37. The van der Waals surface area contributed by atoms with Crippen LogP contribution in [0.5, 0.6) is 11.5 Å². The number of ether oxygens (including phenoxy) is 2. The first-order valence-electron chi connectivity index (χ1n) is 12.4. The molecule has 206 valence electrons. The SMILES string of the molecule is CCOc1ccccc1N(C(=O)c1snc(C(N)=O)c1N)C(C(=O)NCc1ccccc1)c1ccc(OC)cc1. The third-order valence-corrected chi connectivity index (χ3v) is 6.90. The van der Waals surface area contributed by atoms with Crippen LogP contribution in [0.15, 0.2) is 78.9 Å². The van der Waals surface area contributed by atoms with E-state index in [1.54, 1.807) is 48.5 Å². The summed E-state index contributed by atoms with van der Waals surface area (Å²) in [5.74, 6) is -0.998. The van der Waals surface area contributed by atoms with E-state index in [2.05, 4.69) is 9.69 Å². The van der Waals surface area contributed by atoms with Crippen LogP contribution in [0, 0.1) is 0 Å².